The van der Waals surface area contributed by atoms with Gasteiger partial charge in [-0.1, -0.05) is 29.0 Å². The van der Waals surface area contributed by atoms with Gasteiger partial charge >= 0.3 is 0 Å². The highest BCUT2D eigenvalue weighted by Gasteiger charge is 2.16. The number of carbonyl (C=O) groups is 1. The minimum Gasteiger partial charge on any atom is -0.302 e. The molecule has 0 aliphatic rings. The third-order valence-electron chi connectivity index (χ3n) is 2.67. The molecule has 0 saturated carbocycles. The predicted molar refractivity (Wildman–Crippen MR) is 84.7 cm³/mol. The molecule has 0 atom stereocenters. The summed E-state index contributed by atoms with van der Waals surface area (Å²) in [7, 11) is -3.41. The number of amides is 1. The van der Waals surface area contributed by atoms with Gasteiger partial charge in [0.2, 0.25) is 5.91 Å². The maximum absolute atomic E-state index is 11.7. The number of nitrogens with one attached hydrogen (secondary N) is 1. The van der Waals surface area contributed by atoms with E-state index in [9.17, 15) is 13.2 Å². The maximum atomic E-state index is 11.7. The number of nitrogens with zero attached hydrogens (tertiary/aromatic N) is 1. The SMILES string of the molecule is CC(=O)Nc1nc(C)c(-c2ccc(Cl)c(S(C)(=O)=O)c2)s1. The molecule has 0 fully saturated rings. The molecule has 0 bridgehead atoms. The third kappa shape index (κ3) is 3.61. The number of anilines is 1. The van der Waals surface area contributed by atoms with Crippen LogP contribution in [0.3, 0.4) is 0 Å². The Labute approximate surface area is 131 Å². The van der Waals surface area contributed by atoms with Crippen LogP contribution in [0.2, 0.25) is 5.02 Å². The third-order valence-corrected chi connectivity index (χ3v) is 5.37. The van der Waals surface area contributed by atoms with Crippen molar-refractivity contribution in [1.29, 1.82) is 0 Å². The second kappa shape index (κ2) is 5.75. The van der Waals surface area contributed by atoms with E-state index in [1.807, 2.05) is 0 Å². The van der Waals surface area contributed by atoms with Crippen LogP contribution in [0.1, 0.15) is 12.6 Å². The summed E-state index contributed by atoms with van der Waals surface area (Å²) in [5.74, 6) is -0.205. The lowest BCUT2D eigenvalue weighted by atomic mass is 10.2. The number of aryl methyl sites for hydroxylation is 1. The molecule has 2 rings (SSSR count). The molecule has 0 spiro atoms. The van der Waals surface area contributed by atoms with Gasteiger partial charge in [0, 0.05) is 13.2 Å². The molecule has 0 aliphatic carbocycles. The van der Waals surface area contributed by atoms with E-state index in [1.165, 1.54) is 24.3 Å². The first-order chi connectivity index (χ1) is 9.68. The van der Waals surface area contributed by atoms with Crippen LogP contribution in [0, 0.1) is 6.92 Å². The molecule has 0 radical (unpaired) electrons. The van der Waals surface area contributed by atoms with Crippen molar-refractivity contribution in [1.82, 2.24) is 4.98 Å². The molecule has 0 aliphatic heterocycles. The Kier molecular flexibility index (Phi) is 4.36. The fourth-order valence-electron chi connectivity index (χ4n) is 1.80. The fraction of sp³-hybridized carbons (Fsp3) is 0.231. The van der Waals surface area contributed by atoms with E-state index in [1.54, 1.807) is 19.1 Å². The van der Waals surface area contributed by atoms with Crippen molar-refractivity contribution in [2.75, 3.05) is 11.6 Å². The summed E-state index contributed by atoms with van der Waals surface area (Å²) >= 11 is 7.22. The van der Waals surface area contributed by atoms with Crippen LogP contribution in [0.25, 0.3) is 10.4 Å². The second-order valence-electron chi connectivity index (χ2n) is 4.53. The van der Waals surface area contributed by atoms with E-state index in [4.69, 9.17) is 11.6 Å². The van der Waals surface area contributed by atoms with Crippen LogP contribution in [0.15, 0.2) is 23.1 Å². The van der Waals surface area contributed by atoms with Gasteiger partial charge in [-0.25, -0.2) is 13.4 Å². The second-order valence-corrected chi connectivity index (χ2v) is 7.92. The van der Waals surface area contributed by atoms with Crippen molar-refractivity contribution in [3.05, 3.63) is 28.9 Å². The average molecular weight is 345 g/mol. The predicted octanol–water partition coefficient (Wildman–Crippen LogP) is 3.13. The van der Waals surface area contributed by atoms with Crippen LogP contribution >= 0.6 is 22.9 Å². The smallest absolute Gasteiger partial charge is 0.223 e. The molecule has 1 amide bonds. The molecule has 21 heavy (non-hydrogen) atoms. The number of carbonyl (C=O) groups excluding carboxylic acids is 1. The minimum absolute atomic E-state index is 0.0792. The summed E-state index contributed by atoms with van der Waals surface area (Å²) in [4.78, 5) is 16.2. The number of thiazole rings is 1. The summed E-state index contributed by atoms with van der Waals surface area (Å²) in [6.45, 7) is 3.20. The summed E-state index contributed by atoms with van der Waals surface area (Å²) in [6.07, 6.45) is 1.11. The van der Waals surface area contributed by atoms with Crippen LogP contribution in [-0.4, -0.2) is 25.6 Å². The Morgan fingerprint density at radius 2 is 2.05 bits per heavy atom. The van der Waals surface area contributed by atoms with Gasteiger partial charge < -0.3 is 5.32 Å². The first kappa shape index (κ1) is 15.9. The Hall–Kier alpha value is -1.44. The van der Waals surface area contributed by atoms with Gasteiger partial charge in [-0.05, 0) is 24.6 Å². The molecule has 1 N–H and O–H groups in total. The molecule has 1 aromatic heterocycles. The minimum atomic E-state index is -3.41. The van der Waals surface area contributed by atoms with E-state index in [-0.39, 0.29) is 15.8 Å². The van der Waals surface area contributed by atoms with Gasteiger partial charge in [0.05, 0.1) is 20.5 Å². The van der Waals surface area contributed by atoms with Gasteiger partial charge in [0.15, 0.2) is 15.0 Å². The zero-order valence-electron chi connectivity index (χ0n) is 11.6. The Bertz CT molecular complexity index is 813. The van der Waals surface area contributed by atoms with Gasteiger partial charge in [-0.15, -0.1) is 0 Å². The monoisotopic (exact) mass is 344 g/mol. The summed E-state index contributed by atoms with van der Waals surface area (Å²) in [5.41, 5.74) is 1.41. The zero-order valence-corrected chi connectivity index (χ0v) is 14.0. The van der Waals surface area contributed by atoms with E-state index in [2.05, 4.69) is 10.3 Å². The van der Waals surface area contributed by atoms with Gasteiger partial charge in [-0.3, -0.25) is 4.79 Å². The largest absolute Gasteiger partial charge is 0.302 e. The van der Waals surface area contributed by atoms with Crippen LogP contribution in [0.4, 0.5) is 5.13 Å². The lowest BCUT2D eigenvalue weighted by Crippen LogP contribution is -2.04. The average Bonchev–Trinajstić information content (AvgIpc) is 2.68. The van der Waals surface area contributed by atoms with Crippen molar-refractivity contribution in [3.63, 3.8) is 0 Å². The Morgan fingerprint density at radius 3 is 2.62 bits per heavy atom. The normalized spacial score (nSPS) is 11.4. The number of sulfone groups is 1. The highest BCUT2D eigenvalue weighted by Crippen LogP contribution is 2.35. The number of hydrogen-bond donors (Lipinski definition) is 1. The first-order valence-electron chi connectivity index (χ1n) is 5.93. The van der Waals surface area contributed by atoms with E-state index in [0.717, 1.165) is 11.1 Å². The van der Waals surface area contributed by atoms with Crippen LogP contribution in [-0.2, 0) is 14.6 Å². The Balaban J connectivity index is 2.53. The molecule has 8 heteroatoms. The van der Waals surface area contributed by atoms with Crippen molar-refractivity contribution >= 4 is 43.8 Å². The molecule has 1 heterocycles. The van der Waals surface area contributed by atoms with Gasteiger partial charge in [-0.2, -0.15) is 0 Å². The van der Waals surface area contributed by atoms with Crippen molar-refractivity contribution in [2.45, 2.75) is 18.7 Å². The van der Waals surface area contributed by atoms with Crippen LogP contribution in [0.5, 0.6) is 0 Å². The summed E-state index contributed by atoms with van der Waals surface area (Å²) < 4.78 is 23.4. The standard InChI is InChI=1S/C13H13ClN2O3S2/c1-7-12(20-13(15-7)16-8(2)17)9-4-5-10(14)11(6-9)21(3,18)19/h4-6H,1-3H3,(H,15,16,17). The van der Waals surface area contributed by atoms with Crippen molar-refractivity contribution in [3.8, 4) is 10.4 Å². The molecule has 112 valence electrons. The maximum Gasteiger partial charge on any atom is 0.223 e. The number of rotatable bonds is 3. The molecular weight excluding hydrogens is 332 g/mol. The molecule has 5 nitrogen and oxygen atoms in total. The molecule has 1 aromatic carbocycles. The summed E-state index contributed by atoms with van der Waals surface area (Å²) in [5, 5.41) is 3.28. The first-order valence-corrected chi connectivity index (χ1v) is 9.02. The van der Waals surface area contributed by atoms with E-state index in [0.29, 0.717) is 16.4 Å². The van der Waals surface area contributed by atoms with Gasteiger partial charge in [0.1, 0.15) is 0 Å². The van der Waals surface area contributed by atoms with E-state index < -0.39 is 9.84 Å². The molecule has 0 unspecified atom stereocenters. The van der Waals surface area contributed by atoms with Crippen molar-refractivity contribution < 1.29 is 13.2 Å². The van der Waals surface area contributed by atoms with E-state index >= 15 is 0 Å². The molecule has 2 aromatic rings. The number of halogens is 1. The lowest BCUT2D eigenvalue weighted by molar-refractivity contribution is -0.114. The lowest BCUT2D eigenvalue weighted by Gasteiger charge is -2.05. The molecule has 0 saturated heterocycles. The highest BCUT2D eigenvalue weighted by atomic mass is 35.5. The quantitative estimate of drug-likeness (QED) is 0.928. The van der Waals surface area contributed by atoms with Gasteiger partial charge in [0.25, 0.3) is 0 Å². The fourth-order valence-corrected chi connectivity index (χ4v) is 4.11. The number of hydrogen-bond acceptors (Lipinski definition) is 5. The molecular formula is C13H13ClN2O3S2. The number of benzene rings is 1. The highest BCUT2D eigenvalue weighted by molar-refractivity contribution is 7.90. The van der Waals surface area contributed by atoms with Crippen LogP contribution < -0.4 is 5.32 Å². The topological polar surface area (TPSA) is 76.1 Å². The Morgan fingerprint density at radius 1 is 1.38 bits per heavy atom. The van der Waals surface area contributed by atoms with Crippen molar-refractivity contribution in [2.24, 2.45) is 0 Å². The zero-order chi connectivity index (χ0) is 15.8. The number of aromatic nitrogens is 1. The summed E-state index contributed by atoms with van der Waals surface area (Å²) in [6, 6.07) is 4.80.